The summed E-state index contributed by atoms with van der Waals surface area (Å²) in [6, 6.07) is 4.82. The highest BCUT2D eigenvalue weighted by Crippen LogP contribution is 2.43. The minimum absolute atomic E-state index is 0.0884. The highest BCUT2D eigenvalue weighted by atomic mass is 16.3. The van der Waals surface area contributed by atoms with Gasteiger partial charge in [-0.1, -0.05) is 6.07 Å². The van der Waals surface area contributed by atoms with E-state index in [0.717, 1.165) is 12.0 Å². The van der Waals surface area contributed by atoms with Crippen molar-refractivity contribution in [2.45, 2.75) is 18.4 Å². The van der Waals surface area contributed by atoms with Gasteiger partial charge in [-0.2, -0.15) is 0 Å². The normalized spacial score (nSPS) is 27.1. The fourth-order valence-electron chi connectivity index (χ4n) is 1.42. The van der Waals surface area contributed by atoms with Crippen LogP contribution in [-0.2, 0) is 0 Å². The zero-order valence-corrected chi connectivity index (χ0v) is 6.57. The summed E-state index contributed by atoms with van der Waals surface area (Å²) in [5, 5.41) is 18.4. The van der Waals surface area contributed by atoms with Crippen molar-refractivity contribution in [3.05, 3.63) is 23.8 Å². The summed E-state index contributed by atoms with van der Waals surface area (Å²) in [7, 11) is 0. The average molecular weight is 165 g/mol. The van der Waals surface area contributed by atoms with Crippen LogP contribution in [0.2, 0.25) is 0 Å². The molecular weight excluding hydrogens is 154 g/mol. The predicted octanol–water partition coefficient (Wildman–Crippen LogP) is 0.912. The Bertz CT molecular complexity index is 311. The molecule has 64 valence electrons. The standard InChI is InChI=1S/C9H11NO2/c10-8-4-7(8)6-2-1-5(11)3-9(6)12/h1-3,7-8,11-12H,4,10H2/t7-,8+/m0/s1. The number of phenolic OH excluding ortho intramolecular Hbond substituents is 2. The van der Waals surface area contributed by atoms with Crippen LogP contribution in [0.1, 0.15) is 17.9 Å². The number of aromatic hydroxyl groups is 2. The van der Waals surface area contributed by atoms with E-state index in [1.54, 1.807) is 12.1 Å². The zero-order valence-electron chi connectivity index (χ0n) is 6.57. The smallest absolute Gasteiger partial charge is 0.122 e. The number of benzene rings is 1. The van der Waals surface area contributed by atoms with Gasteiger partial charge in [-0.25, -0.2) is 0 Å². The number of hydrogen-bond donors (Lipinski definition) is 3. The molecular formula is C9H11NO2. The SMILES string of the molecule is N[C@@H]1C[C@H]1c1ccc(O)cc1O. The maximum atomic E-state index is 9.40. The molecule has 2 rings (SSSR count). The maximum Gasteiger partial charge on any atom is 0.122 e. The van der Waals surface area contributed by atoms with Gasteiger partial charge in [-0.05, 0) is 18.1 Å². The lowest BCUT2D eigenvalue weighted by Crippen LogP contribution is -2.00. The Labute approximate surface area is 70.4 Å². The molecule has 1 aromatic rings. The topological polar surface area (TPSA) is 66.5 Å². The summed E-state index contributed by atoms with van der Waals surface area (Å²) in [6.07, 6.45) is 0.929. The molecule has 1 aromatic carbocycles. The fraction of sp³-hybridized carbons (Fsp3) is 0.333. The lowest BCUT2D eigenvalue weighted by atomic mass is 10.1. The summed E-state index contributed by atoms with van der Waals surface area (Å²) in [5.74, 6) is 0.518. The molecule has 3 heteroatoms. The molecule has 0 bridgehead atoms. The monoisotopic (exact) mass is 165 g/mol. The molecule has 1 fully saturated rings. The number of nitrogens with two attached hydrogens (primary N) is 1. The molecule has 0 spiro atoms. The van der Waals surface area contributed by atoms with Crippen molar-refractivity contribution in [3.8, 4) is 11.5 Å². The van der Waals surface area contributed by atoms with Crippen LogP contribution >= 0.6 is 0 Å². The molecule has 0 heterocycles. The van der Waals surface area contributed by atoms with Crippen molar-refractivity contribution in [2.24, 2.45) is 5.73 Å². The van der Waals surface area contributed by atoms with Gasteiger partial charge < -0.3 is 15.9 Å². The molecule has 1 aliphatic rings. The summed E-state index contributed by atoms with van der Waals surface area (Å²) in [4.78, 5) is 0. The van der Waals surface area contributed by atoms with Gasteiger partial charge in [-0.15, -0.1) is 0 Å². The fourth-order valence-corrected chi connectivity index (χ4v) is 1.42. The Morgan fingerprint density at radius 3 is 2.50 bits per heavy atom. The van der Waals surface area contributed by atoms with E-state index >= 15 is 0 Å². The second kappa shape index (κ2) is 2.38. The molecule has 0 amide bonds. The van der Waals surface area contributed by atoms with E-state index in [1.165, 1.54) is 6.07 Å². The van der Waals surface area contributed by atoms with Gasteiger partial charge >= 0.3 is 0 Å². The van der Waals surface area contributed by atoms with E-state index in [4.69, 9.17) is 10.8 Å². The minimum Gasteiger partial charge on any atom is -0.508 e. The van der Waals surface area contributed by atoms with Gasteiger partial charge in [0.15, 0.2) is 0 Å². The average Bonchev–Trinajstić information content (AvgIpc) is 2.66. The van der Waals surface area contributed by atoms with Gasteiger partial charge in [0.2, 0.25) is 0 Å². The van der Waals surface area contributed by atoms with Crippen LogP contribution in [0.15, 0.2) is 18.2 Å². The molecule has 0 aromatic heterocycles. The second-order valence-corrected chi connectivity index (χ2v) is 3.25. The Morgan fingerprint density at radius 1 is 1.33 bits per heavy atom. The van der Waals surface area contributed by atoms with E-state index in [2.05, 4.69) is 0 Å². The third kappa shape index (κ3) is 1.12. The lowest BCUT2D eigenvalue weighted by molar-refractivity contribution is 0.446. The van der Waals surface area contributed by atoms with Crippen LogP contribution in [0.25, 0.3) is 0 Å². The molecule has 2 atom stereocenters. The van der Waals surface area contributed by atoms with Gasteiger partial charge in [0, 0.05) is 18.0 Å². The van der Waals surface area contributed by atoms with Crippen LogP contribution in [0.5, 0.6) is 11.5 Å². The Morgan fingerprint density at radius 2 is 2.00 bits per heavy atom. The van der Waals surface area contributed by atoms with Gasteiger partial charge in [0.1, 0.15) is 11.5 Å². The molecule has 3 nitrogen and oxygen atoms in total. The third-order valence-corrected chi connectivity index (χ3v) is 2.25. The number of rotatable bonds is 1. The van der Waals surface area contributed by atoms with Crippen LogP contribution < -0.4 is 5.73 Å². The molecule has 1 saturated carbocycles. The Balaban J connectivity index is 2.33. The van der Waals surface area contributed by atoms with E-state index in [-0.39, 0.29) is 23.5 Å². The van der Waals surface area contributed by atoms with Crippen LogP contribution in [-0.4, -0.2) is 16.3 Å². The molecule has 0 saturated heterocycles. The molecule has 12 heavy (non-hydrogen) atoms. The zero-order chi connectivity index (χ0) is 8.72. The van der Waals surface area contributed by atoms with Crippen LogP contribution in [0.4, 0.5) is 0 Å². The number of hydrogen-bond acceptors (Lipinski definition) is 3. The lowest BCUT2D eigenvalue weighted by Gasteiger charge is -2.02. The van der Waals surface area contributed by atoms with Gasteiger partial charge in [0.05, 0.1) is 0 Å². The predicted molar refractivity (Wildman–Crippen MR) is 45.1 cm³/mol. The Hall–Kier alpha value is -1.22. The van der Waals surface area contributed by atoms with Crippen molar-refractivity contribution in [2.75, 3.05) is 0 Å². The summed E-state index contributed by atoms with van der Waals surface area (Å²) >= 11 is 0. The van der Waals surface area contributed by atoms with E-state index in [9.17, 15) is 5.11 Å². The summed E-state index contributed by atoms with van der Waals surface area (Å²) < 4.78 is 0. The van der Waals surface area contributed by atoms with Crippen molar-refractivity contribution in [3.63, 3.8) is 0 Å². The molecule has 4 N–H and O–H groups in total. The third-order valence-electron chi connectivity index (χ3n) is 2.25. The summed E-state index contributed by atoms with van der Waals surface area (Å²) in [6.45, 7) is 0. The van der Waals surface area contributed by atoms with Crippen molar-refractivity contribution in [1.82, 2.24) is 0 Å². The minimum atomic E-state index is 0.0884. The van der Waals surface area contributed by atoms with E-state index in [0.29, 0.717) is 0 Å². The summed E-state index contributed by atoms with van der Waals surface area (Å²) in [5.41, 5.74) is 6.48. The van der Waals surface area contributed by atoms with Crippen LogP contribution in [0, 0.1) is 0 Å². The first-order valence-electron chi connectivity index (χ1n) is 3.96. The van der Waals surface area contributed by atoms with Crippen molar-refractivity contribution < 1.29 is 10.2 Å². The van der Waals surface area contributed by atoms with E-state index < -0.39 is 0 Å². The largest absolute Gasteiger partial charge is 0.508 e. The molecule has 0 aliphatic heterocycles. The van der Waals surface area contributed by atoms with Crippen LogP contribution in [0.3, 0.4) is 0 Å². The second-order valence-electron chi connectivity index (χ2n) is 3.25. The van der Waals surface area contributed by atoms with Crippen molar-refractivity contribution in [1.29, 1.82) is 0 Å². The van der Waals surface area contributed by atoms with Crippen molar-refractivity contribution >= 4 is 0 Å². The van der Waals surface area contributed by atoms with E-state index in [1.807, 2.05) is 0 Å². The van der Waals surface area contributed by atoms with Gasteiger partial charge in [-0.3, -0.25) is 0 Å². The molecule has 0 unspecified atom stereocenters. The first-order valence-corrected chi connectivity index (χ1v) is 3.96. The first-order chi connectivity index (χ1) is 5.68. The maximum absolute atomic E-state index is 9.40. The molecule has 1 aliphatic carbocycles. The highest BCUT2D eigenvalue weighted by molar-refractivity contribution is 5.44. The molecule has 0 radical (unpaired) electrons. The first kappa shape index (κ1) is 7.43. The Kier molecular flexibility index (Phi) is 1.48. The highest BCUT2D eigenvalue weighted by Gasteiger charge is 2.36. The quantitative estimate of drug-likeness (QED) is 0.579. The number of phenols is 2. The van der Waals surface area contributed by atoms with Gasteiger partial charge in [0.25, 0.3) is 0 Å².